The second kappa shape index (κ2) is 14.5. The maximum atomic E-state index is 13.0. The van der Waals surface area contributed by atoms with Gasteiger partial charge in [0.25, 0.3) is 0 Å². The predicted molar refractivity (Wildman–Crippen MR) is 138 cm³/mol. The lowest BCUT2D eigenvalue weighted by Crippen LogP contribution is -2.08. The summed E-state index contributed by atoms with van der Waals surface area (Å²) in [5.74, 6) is 1.93. The number of rotatable bonds is 16. The Hall–Kier alpha value is -1.77. The molecule has 5 heteroatoms. The molecule has 2 unspecified atom stereocenters. The van der Waals surface area contributed by atoms with Crippen molar-refractivity contribution in [2.45, 2.75) is 91.9 Å². The molecule has 2 atom stereocenters. The summed E-state index contributed by atoms with van der Waals surface area (Å²) in [6.45, 7) is 8.80. The minimum atomic E-state index is -4.34. The third kappa shape index (κ3) is 9.55. The van der Waals surface area contributed by atoms with Gasteiger partial charge in [0, 0.05) is 0 Å². The highest BCUT2D eigenvalue weighted by Gasteiger charge is 2.28. The number of benzene rings is 2. The van der Waals surface area contributed by atoms with Crippen LogP contribution in [0.2, 0.25) is 0 Å². The summed E-state index contributed by atoms with van der Waals surface area (Å²) >= 11 is 0. The average molecular weight is 475 g/mol. The quantitative estimate of drug-likeness (QED) is 0.247. The SMILES string of the molecule is CCCCC(CC)Cc1ccccc1OP(=O)(O)Oc1ccccc1CC(CC)CCCC. The monoisotopic (exact) mass is 474 g/mol. The smallest absolute Gasteiger partial charge is 0.395 e. The number of hydrogen-bond acceptors (Lipinski definition) is 3. The number of phosphoric acid groups is 1. The topological polar surface area (TPSA) is 55.8 Å². The molecule has 0 spiro atoms. The van der Waals surface area contributed by atoms with Crippen LogP contribution in [0.4, 0.5) is 0 Å². The van der Waals surface area contributed by atoms with Crippen molar-refractivity contribution in [3.63, 3.8) is 0 Å². The number of phosphoric ester groups is 1. The van der Waals surface area contributed by atoms with Crippen LogP contribution in [-0.2, 0) is 17.4 Å². The molecule has 4 nitrogen and oxygen atoms in total. The first kappa shape index (κ1) is 27.5. The summed E-state index contributed by atoms with van der Waals surface area (Å²) in [6, 6.07) is 15.1. The Morgan fingerprint density at radius 2 is 1.12 bits per heavy atom. The molecule has 0 aliphatic heterocycles. The van der Waals surface area contributed by atoms with E-state index in [1.54, 1.807) is 12.1 Å². The van der Waals surface area contributed by atoms with Gasteiger partial charge in [-0.3, -0.25) is 4.89 Å². The molecule has 0 heterocycles. The Bertz CT molecular complexity index is 799. The van der Waals surface area contributed by atoms with Crippen molar-refractivity contribution in [2.24, 2.45) is 11.8 Å². The van der Waals surface area contributed by atoms with E-state index >= 15 is 0 Å². The molecular weight excluding hydrogens is 431 g/mol. The Morgan fingerprint density at radius 3 is 1.48 bits per heavy atom. The Balaban J connectivity index is 2.14. The molecule has 184 valence electrons. The zero-order valence-corrected chi connectivity index (χ0v) is 21.9. The molecule has 1 N–H and O–H groups in total. The molecule has 0 amide bonds. The molecule has 0 aromatic heterocycles. The van der Waals surface area contributed by atoms with E-state index in [9.17, 15) is 9.46 Å². The largest absolute Gasteiger partial charge is 0.584 e. The Kier molecular flexibility index (Phi) is 12.1. The van der Waals surface area contributed by atoms with E-state index in [1.165, 1.54) is 25.7 Å². The third-order valence-corrected chi connectivity index (χ3v) is 7.33. The molecule has 0 aliphatic rings. The van der Waals surface area contributed by atoms with Crippen LogP contribution in [0.15, 0.2) is 48.5 Å². The van der Waals surface area contributed by atoms with Gasteiger partial charge in [-0.15, -0.1) is 0 Å². The van der Waals surface area contributed by atoms with Crippen molar-refractivity contribution in [1.29, 1.82) is 0 Å². The molecule has 0 saturated carbocycles. The van der Waals surface area contributed by atoms with Crippen molar-refractivity contribution in [3.05, 3.63) is 59.7 Å². The second-order valence-electron chi connectivity index (χ2n) is 9.11. The lowest BCUT2D eigenvalue weighted by Gasteiger charge is -2.21. The summed E-state index contributed by atoms with van der Waals surface area (Å²) in [5, 5.41) is 0. The molecule has 2 aromatic carbocycles. The van der Waals surface area contributed by atoms with Gasteiger partial charge in [0.15, 0.2) is 0 Å². The molecule has 0 fully saturated rings. The van der Waals surface area contributed by atoms with E-state index in [0.29, 0.717) is 23.3 Å². The fourth-order valence-corrected chi connectivity index (χ4v) is 5.19. The van der Waals surface area contributed by atoms with Crippen LogP contribution in [0.25, 0.3) is 0 Å². The number of unbranched alkanes of at least 4 members (excludes halogenated alkanes) is 2. The fraction of sp³-hybridized carbons (Fsp3) is 0.571. The summed E-state index contributed by atoms with van der Waals surface area (Å²) in [5.41, 5.74) is 1.91. The van der Waals surface area contributed by atoms with Crippen molar-refractivity contribution >= 4 is 7.82 Å². The molecule has 0 bridgehead atoms. The highest BCUT2D eigenvalue weighted by molar-refractivity contribution is 7.48. The van der Waals surface area contributed by atoms with E-state index in [4.69, 9.17) is 9.05 Å². The van der Waals surface area contributed by atoms with Crippen LogP contribution in [0.5, 0.6) is 11.5 Å². The highest BCUT2D eigenvalue weighted by atomic mass is 31.2. The Morgan fingerprint density at radius 1 is 0.727 bits per heavy atom. The van der Waals surface area contributed by atoms with Crippen molar-refractivity contribution < 1.29 is 18.5 Å². The number of hydrogen-bond donors (Lipinski definition) is 1. The standard InChI is InChI=1S/C28H43O4P/c1-5-9-15-23(7-3)21-25-17-11-13-19-27(25)31-33(29,30)32-28-20-14-12-18-26(28)22-24(8-4)16-10-6-2/h11-14,17-20,23-24H,5-10,15-16,21-22H2,1-4H3,(H,29,30). The Labute approximate surface area is 201 Å². The fourth-order valence-electron chi connectivity index (χ4n) is 4.30. The highest BCUT2D eigenvalue weighted by Crippen LogP contribution is 2.47. The molecular formula is C28H43O4P. The zero-order valence-electron chi connectivity index (χ0n) is 21.0. The second-order valence-corrected chi connectivity index (χ2v) is 10.4. The normalized spacial score (nSPS) is 14.9. The lowest BCUT2D eigenvalue weighted by molar-refractivity contribution is 0.287. The van der Waals surface area contributed by atoms with Gasteiger partial charge in [-0.2, -0.15) is 0 Å². The molecule has 0 radical (unpaired) electrons. The van der Waals surface area contributed by atoms with E-state index < -0.39 is 7.82 Å². The van der Waals surface area contributed by atoms with Crippen LogP contribution < -0.4 is 9.05 Å². The molecule has 0 saturated heterocycles. The average Bonchev–Trinajstić information content (AvgIpc) is 2.81. The number of para-hydroxylation sites is 2. The minimum absolute atomic E-state index is 0.435. The van der Waals surface area contributed by atoms with Crippen LogP contribution in [-0.4, -0.2) is 4.89 Å². The van der Waals surface area contributed by atoms with Gasteiger partial charge in [0.1, 0.15) is 11.5 Å². The van der Waals surface area contributed by atoms with Gasteiger partial charge in [0.2, 0.25) is 0 Å². The first-order valence-corrected chi connectivity index (χ1v) is 14.3. The predicted octanol–water partition coefficient (Wildman–Crippen LogP) is 8.76. The minimum Gasteiger partial charge on any atom is -0.395 e. The van der Waals surface area contributed by atoms with Gasteiger partial charge in [0.05, 0.1) is 0 Å². The maximum absolute atomic E-state index is 13.0. The van der Waals surface area contributed by atoms with Crippen LogP contribution >= 0.6 is 7.82 Å². The van der Waals surface area contributed by atoms with E-state index in [2.05, 4.69) is 27.7 Å². The third-order valence-electron chi connectivity index (χ3n) is 6.48. The maximum Gasteiger partial charge on any atom is 0.584 e. The van der Waals surface area contributed by atoms with Crippen molar-refractivity contribution in [1.82, 2.24) is 0 Å². The summed E-state index contributed by atoms with van der Waals surface area (Å²) < 4.78 is 24.3. The van der Waals surface area contributed by atoms with Gasteiger partial charge in [-0.05, 0) is 47.9 Å². The molecule has 33 heavy (non-hydrogen) atoms. The van der Waals surface area contributed by atoms with E-state index in [0.717, 1.165) is 49.7 Å². The van der Waals surface area contributed by atoms with Gasteiger partial charge in [-0.25, -0.2) is 4.57 Å². The summed E-state index contributed by atoms with van der Waals surface area (Å²) in [7, 11) is -4.34. The molecule has 2 rings (SSSR count). The van der Waals surface area contributed by atoms with E-state index in [-0.39, 0.29) is 0 Å². The summed E-state index contributed by atoms with van der Waals surface area (Å²) in [6.07, 6.45) is 10.8. The van der Waals surface area contributed by atoms with Crippen molar-refractivity contribution in [2.75, 3.05) is 0 Å². The first-order valence-electron chi connectivity index (χ1n) is 12.8. The van der Waals surface area contributed by atoms with Crippen LogP contribution in [0.3, 0.4) is 0 Å². The van der Waals surface area contributed by atoms with Gasteiger partial charge < -0.3 is 9.05 Å². The van der Waals surface area contributed by atoms with E-state index in [1.807, 2.05) is 36.4 Å². The first-order chi connectivity index (χ1) is 15.9. The lowest BCUT2D eigenvalue weighted by atomic mass is 9.92. The van der Waals surface area contributed by atoms with Crippen molar-refractivity contribution in [3.8, 4) is 11.5 Å². The molecule has 0 aliphatic carbocycles. The van der Waals surface area contributed by atoms with Crippen LogP contribution in [0.1, 0.15) is 90.2 Å². The van der Waals surface area contributed by atoms with Gasteiger partial charge >= 0.3 is 7.82 Å². The van der Waals surface area contributed by atoms with Crippen LogP contribution in [0, 0.1) is 11.8 Å². The van der Waals surface area contributed by atoms with Gasteiger partial charge in [-0.1, -0.05) is 115 Å². The molecule has 2 aromatic rings. The zero-order chi connectivity index (χ0) is 24.1. The summed E-state index contributed by atoms with van der Waals surface area (Å²) in [4.78, 5) is 10.6.